The maximum absolute atomic E-state index is 9.51. The normalized spacial score (nSPS) is 12.6. The zero-order chi connectivity index (χ0) is 6.57. The zero-order valence-corrected chi connectivity index (χ0v) is 3.85. The number of rotatable bonds is 3. The van der Waals surface area contributed by atoms with Crippen molar-refractivity contribution >= 4 is 0 Å². The van der Waals surface area contributed by atoms with Gasteiger partial charge in [-0.1, -0.05) is 0 Å². The van der Waals surface area contributed by atoms with Gasteiger partial charge < -0.3 is 5.11 Å². The van der Waals surface area contributed by atoms with Crippen LogP contribution in [0.1, 0.15) is 0 Å². The van der Waals surface area contributed by atoms with Gasteiger partial charge in [0.15, 0.2) is 0 Å². The smallest absolute Gasteiger partial charge is 0.362 e. The molecular weight excluding hydrogens is 116 g/mol. The third-order valence-electron chi connectivity index (χ3n) is 0.528. The van der Waals surface area contributed by atoms with Crippen molar-refractivity contribution in [2.75, 3.05) is 6.61 Å². The Balaban J connectivity index is 3.69. The van der Waals surface area contributed by atoms with E-state index in [2.05, 4.69) is 0 Å². The molecule has 8 heavy (non-hydrogen) atoms. The van der Waals surface area contributed by atoms with Crippen molar-refractivity contribution in [2.45, 2.75) is 6.17 Å². The fraction of sp³-hybridized carbons (Fsp3) is 1.00. The molecule has 0 saturated carbocycles. The van der Waals surface area contributed by atoms with Crippen molar-refractivity contribution < 1.29 is 10.0 Å². The Bertz CT molecular complexity index is 102. The van der Waals surface area contributed by atoms with Crippen LogP contribution in [0.25, 0.3) is 0 Å². The molecule has 0 aromatic carbocycles. The molecule has 0 bridgehead atoms. The van der Waals surface area contributed by atoms with Crippen molar-refractivity contribution in [3.05, 3.63) is 15.0 Å². The molecule has 0 aliphatic rings. The predicted octanol–water partition coefficient (Wildman–Crippen LogP) is -0.652. The molecular formula is C2H4N2O4. The van der Waals surface area contributed by atoms with Crippen LogP contribution in [-0.4, -0.2) is 22.8 Å². The minimum atomic E-state index is -1.70. The van der Waals surface area contributed by atoms with Crippen molar-refractivity contribution in [1.82, 2.24) is 0 Å². The van der Waals surface area contributed by atoms with Crippen molar-refractivity contribution in [3.63, 3.8) is 0 Å². The van der Waals surface area contributed by atoms with Gasteiger partial charge in [-0.3, -0.25) is 10.1 Å². The minimum Gasteiger partial charge on any atom is -0.387 e. The second kappa shape index (κ2) is 3.03. The molecule has 46 valence electrons. The molecule has 0 aliphatic carbocycles. The molecule has 0 aromatic heterocycles. The summed E-state index contributed by atoms with van der Waals surface area (Å²) in [4.78, 5) is 17.9. The number of hydrogen-bond donors (Lipinski definition) is 1. The molecule has 0 fully saturated rings. The van der Waals surface area contributed by atoms with E-state index in [1.165, 1.54) is 0 Å². The molecule has 0 spiro atoms. The van der Waals surface area contributed by atoms with Crippen molar-refractivity contribution in [1.29, 1.82) is 0 Å². The summed E-state index contributed by atoms with van der Waals surface area (Å²) in [6, 6.07) is 0. The molecule has 1 N–H and O–H groups in total. The van der Waals surface area contributed by atoms with Crippen LogP contribution in [0.3, 0.4) is 0 Å². The van der Waals surface area contributed by atoms with Gasteiger partial charge in [-0.15, -0.1) is 4.91 Å². The summed E-state index contributed by atoms with van der Waals surface area (Å²) in [6.45, 7) is -0.837. The predicted molar refractivity (Wildman–Crippen MR) is 23.7 cm³/mol. The second-order valence-electron chi connectivity index (χ2n) is 1.05. The second-order valence-corrected chi connectivity index (χ2v) is 1.05. The first-order valence-electron chi connectivity index (χ1n) is 1.79. The molecule has 1 atom stereocenters. The first-order valence-corrected chi connectivity index (χ1v) is 1.79. The summed E-state index contributed by atoms with van der Waals surface area (Å²) in [5.41, 5.74) is 0. The van der Waals surface area contributed by atoms with Crippen LogP contribution in [0.5, 0.6) is 0 Å². The first-order chi connectivity index (χ1) is 3.72. The largest absolute Gasteiger partial charge is 0.387 e. The van der Waals surface area contributed by atoms with Gasteiger partial charge in [0.25, 0.3) is 0 Å². The average molecular weight is 120 g/mol. The summed E-state index contributed by atoms with van der Waals surface area (Å²) in [5, 5.41) is 19.5. The van der Waals surface area contributed by atoms with Crippen LogP contribution >= 0.6 is 0 Å². The number of nitroso groups, excluding NO2 is 1. The van der Waals surface area contributed by atoms with E-state index in [1.54, 1.807) is 0 Å². The van der Waals surface area contributed by atoms with E-state index in [-0.39, 0.29) is 0 Å². The number of aliphatic hydroxyl groups is 1. The Morgan fingerprint density at radius 1 is 1.88 bits per heavy atom. The van der Waals surface area contributed by atoms with Gasteiger partial charge in [-0.2, -0.15) is 0 Å². The van der Waals surface area contributed by atoms with Crippen LogP contribution in [-0.2, 0) is 0 Å². The third kappa shape index (κ3) is 1.61. The highest BCUT2D eigenvalue weighted by Crippen LogP contribution is 1.86. The fourth-order valence-corrected chi connectivity index (χ4v) is 0.138. The van der Waals surface area contributed by atoms with E-state index in [1.807, 2.05) is 5.18 Å². The van der Waals surface area contributed by atoms with E-state index in [9.17, 15) is 15.0 Å². The van der Waals surface area contributed by atoms with Gasteiger partial charge in [0.1, 0.15) is 6.61 Å². The van der Waals surface area contributed by atoms with E-state index < -0.39 is 17.7 Å². The highest BCUT2D eigenvalue weighted by Gasteiger charge is 2.16. The standard InChI is InChI=1S/C2H4N2O4/c5-1-2(3-6)4(7)8/h2,5H,1H2. The van der Waals surface area contributed by atoms with Crippen molar-refractivity contribution in [3.8, 4) is 0 Å². The molecule has 6 nitrogen and oxygen atoms in total. The molecule has 6 heteroatoms. The van der Waals surface area contributed by atoms with Gasteiger partial charge in [0, 0.05) is 5.18 Å². The lowest BCUT2D eigenvalue weighted by atomic mass is 10.6. The lowest BCUT2D eigenvalue weighted by molar-refractivity contribution is -0.524. The quantitative estimate of drug-likeness (QED) is 0.304. The van der Waals surface area contributed by atoms with Gasteiger partial charge in [0.2, 0.25) is 0 Å². The topological polar surface area (TPSA) is 92.8 Å². The van der Waals surface area contributed by atoms with Crippen LogP contribution in [0.2, 0.25) is 0 Å². The number of aliphatic hydroxyl groups excluding tert-OH is 1. The van der Waals surface area contributed by atoms with Crippen molar-refractivity contribution in [2.24, 2.45) is 5.18 Å². The Labute approximate surface area is 44.2 Å². The molecule has 0 saturated heterocycles. The maximum Gasteiger partial charge on any atom is 0.362 e. The Kier molecular flexibility index (Phi) is 2.63. The molecule has 0 rings (SSSR count). The SMILES string of the molecule is O=NC(CO)[N+](=O)[O-]. The molecule has 0 heterocycles. The summed E-state index contributed by atoms with van der Waals surface area (Å²) >= 11 is 0. The van der Waals surface area contributed by atoms with E-state index in [0.29, 0.717) is 0 Å². The lowest BCUT2D eigenvalue weighted by Crippen LogP contribution is -2.19. The Morgan fingerprint density at radius 3 is 2.38 bits per heavy atom. The fourth-order valence-electron chi connectivity index (χ4n) is 0.138. The Hall–Kier alpha value is -1.04. The zero-order valence-electron chi connectivity index (χ0n) is 3.85. The van der Waals surface area contributed by atoms with Crippen LogP contribution in [0, 0.1) is 15.0 Å². The monoisotopic (exact) mass is 120 g/mol. The van der Waals surface area contributed by atoms with Gasteiger partial charge in [0.05, 0.1) is 4.92 Å². The lowest BCUT2D eigenvalue weighted by Gasteiger charge is -1.91. The highest BCUT2D eigenvalue weighted by molar-refractivity contribution is 4.45. The molecule has 0 aliphatic heterocycles. The average Bonchev–Trinajstić information content (AvgIpc) is 1.69. The summed E-state index contributed by atoms with van der Waals surface area (Å²) in [5.74, 6) is 0. The summed E-state index contributed by atoms with van der Waals surface area (Å²) in [6.07, 6.45) is -1.70. The van der Waals surface area contributed by atoms with E-state index in [0.717, 1.165) is 0 Å². The summed E-state index contributed by atoms with van der Waals surface area (Å²) in [7, 11) is 0. The van der Waals surface area contributed by atoms with Gasteiger partial charge in [-0.05, 0) is 0 Å². The van der Waals surface area contributed by atoms with Crippen LogP contribution in [0.15, 0.2) is 5.18 Å². The number of nitro groups is 1. The first kappa shape index (κ1) is 6.96. The van der Waals surface area contributed by atoms with E-state index >= 15 is 0 Å². The molecule has 1 unspecified atom stereocenters. The molecule has 0 aromatic rings. The van der Waals surface area contributed by atoms with Crippen LogP contribution in [0.4, 0.5) is 0 Å². The van der Waals surface area contributed by atoms with Crippen LogP contribution < -0.4 is 0 Å². The number of nitrogens with zero attached hydrogens (tertiary/aromatic N) is 2. The highest BCUT2D eigenvalue weighted by atomic mass is 16.6. The Morgan fingerprint density at radius 2 is 2.38 bits per heavy atom. The molecule has 0 amide bonds. The van der Waals surface area contributed by atoms with Gasteiger partial charge >= 0.3 is 6.17 Å². The third-order valence-corrected chi connectivity index (χ3v) is 0.528. The van der Waals surface area contributed by atoms with E-state index in [4.69, 9.17) is 5.11 Å². The summed E-state index contributed by atoms with van der Waals surface area (Å²) < 4.78 is 0. The maximum atomic E-state index is 9.51. The molecule has 0 radical (unpaired) electrons. The number of hydrogen-bond acceptors (Lipinski definition) is 5. The van der Waals surface area contributed by atoms with Gasteiger partial charge in [-0.25, -0.2) is 0 Å². The minimum absolute atomic E-state index is 0.837.